The highest BCUT2D eigenvalue weighted by Crippen LogP contribution is 2.23. The van der Waals surface area contributed by atoms with Crippen LogP contribution in [0.5, 0.6) is 5.75 Å². The molecular weight excluding hydrogens is 364 g/mol. The highest BCUT2D eigenvalue weighted by atomic mass is 16.6. The Hall–Kier alpha value is -3.49. The van der Waals surface area contributed by atoms with Gasteiger partial charge in [0, 0.05) is 6.04 Å². The zero-order valence-electron chi connectivity index (χ0n) is 15.1. The summed E-state index contributed by atoms with van der Waals surface area (Å²) in [5.41, 5.74) is 0.711. The third-order valence-corrected chi connectivity index (χ3v) is 4.42. The Morgan fingerprint density at radius 3 is 2.68 bits per heavy atom. The molecule has 1 fully saturated rings. The highest BCUT2D eigenvalue weighted by Gasteiger charge is 2.21. The number of nitrogens with one attached hydrogen (secondary N) is 2. The van der Waals surface area contributed by atoms with E-state index in [1.54, 1.807) is 24.3 Å². The molecule has 1 aliphatic rings. The number of rotatable bonds is 7. The van der Waals surface area contributed by atoms with E-state index >= 15 is 0 Å². The Labute approximate surface area is 161 Å². The number of para-hydroxylation sites is 1. The number of carbonyl (C=O) groups is 2. The molecule has 28 heavy (non-hydrogen) atoms. The number of hydrogen-bond acceptors (Lipinski definition) is 6. The van der Waals surface area contributed by atoms with Gasteiger partial charge in [0.2, 0.25) is 5.75 Å². The second-order valence-electron chi connectivity index (χ2n) is 6.42. The zero-order chi connectivity index (χ0) is 19.9. The molecule has 1 heterocycles. The maximum absolute atomic E-state index is 12.5. The van der Waals surface area contributed by atoms with Crippen LogP contribution in [0.2, 0.25) is 0 Å². The van der Waals surface area contributed by atoms with E-state index in [1.807, 2.05) is 0 Å². The number of carbonyl (C=O) groups excluding carboxylic acids is 2. The van der Waals surface area contributed by atoms with Crippen molar-refractivity contribution in [2.75, 3.05) is 11.9 Å². The molecular formula is C19H20N4O5. The number of benzene rings is 1. The second kappa shape index (κ2) is 8.94. The lowest BCUT2D eigenvalue weighted by molar-refractivity contribution is -0.390. The van der Waals surface area contributed by atoms with Crippen LogP contribution >= 0.6 is 0 Å². The summed E-state index contributed by atoms with van der Waals surface area (Å²) in [4.78, 5) is 38.6. The maximum Gasteiger partial charge on any atom is 0.406 e. The van der Waals surface area contributed by atoms with Gasteiger partial charge in [-0.2, -0.15) is 0 Å². The Bertz CT molecular complexity index is 880. The number of pyridine rings is 1. The molecule has 0 bridgehead atoms. The van der Waals surface area contributed by atoms with Crippen molar-refractivity contribution in [3.05, 3.63) is 58.3 Å². The minimum atomic E-state index is -0.685. The van der Waals surface area contributed by atoms with E-state index in [-0.39, 0.29) is 17.7 Å². The van der Waals surface area contributed by atoms with Gasteiger partial charge in [0.25, 0.3) is 11.8 Å². The molecule has 3 rings (SSSR count). The molecule has 1 aromatic carbocycles. The molecule has 2 aromatic rings. The normalized spacial score (nSPS) is 13.7. The van der Waals surface area contributed by atoms with Crippen molar-refractivity contribution in [3.63, 3.8) is 0 Å². The average molecular weight is 384 g/mol. The summed E-state index contributed by atoms with van der Waals surface area (Å²) < 4.78 is 5.22. The van der Waals surface area contributed by atoms with Gasteiger partial charge in [-0.1, -0.05) is 25.0 Å². The lowest BCUT2D eigenvalue weighted by Gasteiger charge is -2.15. The van der Waals surface area contributed by atoms with Crippen LogP contribution in [0.1, 0.15) is 36.0 Å². The molecule has 9 heteroatoms. The molecule has 0 saturated heterocycles. The lowest BCUT2D eigenvalue weighted by Crippen LogP contribution is -2.33. The van der Waals surface area contributed by atoms with Gasteiger partial charge in [-0.3, -0.25) is 9.59 Å². The van der Waals surface area contributed by atoms with E-state index in [0.717, 1.165) is 25.7 Å². The quantitative estimate of drug-likeness (QED) is 0.559. The first-order chi connectivity index (χ1) is 13.5. The van der Waals surface area contributed by atoms with E-state index in [4.69, 9.17) is 4.74 Å². The van der Waals surface area contributed by atoms with E-state index in [1.165, 1.54) is 18.3 Å². The van der Waals surface area contributed by atoms with Crippen LogP contribution in [0.25, 0.3) is 0 Å². The predicted octanol–water partition coefficient (Wildman–Crippen LogP) is 2.68. The first-order valence-corrected chi connectivity index (χ1v) is 8.96. The predicted molar refractivity (Wildman–Crippen MR) is 101 cm³/mol. The van der Waals surface area contributed by atoms with Gasteiger partial charge in [-0.15, -0.1) is 0 Å². The molecule has 9 nitrogen and oxygen atoms in total. The van der Waals surface area contributed by atoms with Gasteiger partial charge in [0.1, 0.15) is 6.20 Å². The summed E-state index contributed by atoms with van der Waals surface area (Å²) in [6.45, 7) is -0.453. The first-order valence-electron chi connectivity index (χ1n) is 8.96. The first kappa shape index (κ1) is 19.3. The molecule has 0 unspecified atom stereocenters. The molecule has 0 spiro atoms. The summed E-state index contributed by atoms with van der Waals surface area (Å²) >= 11 is 0. The number of aromatic nitrogens is 1. The van der Waals surface area contributed by atoms with Crippen molar-refractivity contribution in [2.24, 2.45) is 0 Å². The third kappa shape index (κ3) is 4.81. The SMILES string of the molecule is O=C(COc1cccnc1[N+](=O)[O-])Nc1ccccc1C(=O)NC1CCCC1. The fraction of sp³-hybridized carbons (Fsp3) is 0.316. The number of nitro groups is 1. The molecule has 146 valence electrons. The number of hydrogen-bond donors (Lipinski definition) is 2. The fourth-order valence-electron chi connectivity index (χ4n) is 3.08. The largest absolute Gasteiger partial charge is 0.476 e. The Morgan fingerprint density at radius 2 is 1.93 bits per heavy atom. The minimum absolute atomic E-state index is 0.102. The standard InChI is InChI=1S/C19H20N4O5/c24-17(12-28-16-10-5-11-20-18(16)23(26)27)22-15-9-4-3-8-14(15)19(25)21-13-6-1-2-7-13/h3-5,8-11,13H,1-2,6-7,12H2,(H,21,25)(H,22,24). The molecule has 1 saturated carbocycles. The molecule has 0 radical (unpaired) electrons. The molecule has 2 amide bonds. The Kier molecular flexibility index (Phi) is 6.15. The van der Waals surface area contributed by atoms with Crippen molar-refractivity contribution in [1.29, 1.82) is 0 Å². The third-order valence-electron chi connectivity index (χ3n) is 4.42. The highest BCUT2D eigenvalue weighted by molar-refractivity contribution is 6.04. The summed E-state index contributed by atoms with van der Waals surface area (Å²) in [6, 6.07) is 9.67. The van der Waals surface area contributed by atoms with Crippen LogP contribution in [0.3, 0.4) is 0 Å². The lowest BCUT2D eigenvalue weighted by atomic mass is 10.1. The molecule has 2 N–H and O–H groups in total. The number of nitrogens with zero attached hydrogens (tertiary/aromatic N) is 2. The minimum Gasteiger partial charge on any atom is -0.476 e. The van der Waals surface area contributed by atoms with Crippen molar-refractivity contribution < 1.29 is 19.2 Å². The number of amides is 2. The van der Waals surface area contributed by atoms with E-state index < -0.39 is 23.3 Å². The number of ether oxygens (including phenoxy) is 1. The van der Waals surface area contributed by atoms with Crippen LogP contribution < -0.4 is 15.4 Å². The van der Waals surface area contributed by atoms with Crippen molar-refractivity contribution in [2.45, 2.75) is 31.7 Å². The molecule has 1 aliphatic carbocycles. The summed E-state index contributed by atoms with van der Waals surface area (Å²) in [5.74, 6) is -1.35. The monoisotopic (exact) mass is 384 g/mol. The smallest absolute Gasteiger partial charge is 0.406 e. The van der Waals surface area contributed by atoms with E-state index in [2.05, 4.69) is 15.6 Å². The van der Waals surface area contributed by atoms with Crippen LogP contribution in [-0.2, 0) is 4.79 Å². The molecule has 0 aliphatic heterocycles. The summed E-state index contributed by atoms with van der Waals surface area (Å²) in [6.07, 6.45) is 5.38. The molecule has 1 aromatic heterocycles. The topological polar surface area (TPSA) is 123 Å². The average Bonchev–Trinajstić information content (AvgIpc) is 3.20. The number of anilines is 1. The van der Waals surface area contributed by atoms with E-state index in [9.17, 15) is 19.7 Å². The van der Waals surface area contributed by atoms with Gasteiger partial charge < -0.3 is 25.5 Å². The van der Waals surface area contributed by atoms with Crippen LogP contribution in [0, 0.1) is 10.1 Å². The Morgan fingerprint density at radius 1 is 1.18 bits per heavy atom. The van der Waals surface area contributed by atoms with Crippen molar-refractivity contribution in [3.8, 4) is 5.75 Å². The summed E-state index contributed by atoms with van der Waals surface area (Å²) in [7, 11) is 0. The van der Waals surface area contributed by atoms with Gasteiger partial charge in [-0.25, -0.2) is 0 Å². The fourth-order valence-corrected chi connectivity index (χ4v) is 3.08. The molecule has 0 atom stereocenters. The van der Waals surface area contributed by atoms with Gasteiger partial charge >= 0.3 is 5.82 Å². The van der Waals surface area contributed by atoms with Crippen LogP contribution in [0.4, 0.5) is 11.5 Å². The van der Waals surface area contributed by atoms with Gasteiger partial charge in [0.15, 0.2) is 6.61 Å². The van der Waals surface area contributed by atoms with E-state index in [0.29, 0.717) is 11.3 Å². The Balaban J connectivity index is 1.63. The second-order valence-corrected chi connectivity index (χ2v) is 6.42. The van der Waals surface area contributed by atoms with Crippen molar-refractivity contribution >= 4 is 23.3 Å². The maximum atomic E-state index is 12.5. The van der Waals surface area contributed by atoms with Gasteiger partial charge in [0.05, 0.1) is 11.3 Å². The van der Waals surface area contributed by atoms with Crippen molar-refractivity contribution in [1.82, 2.24) is 10.3 Å². The van der Waals surface area contributed by atoms with Crippen LogP contribution in [0.15, 0.2) is 42.6 Å². The van der Waals surface area contributed by atoms with Gasteiger partial charge in [-0.05, 0) is 47.0 Å². The summed E-state index contributed by atoms with van der Waals surface area (Å²) in [5, 5.41) is 16.5. The zero-order valence-corrected chi connectivity index (χ0v) is 15.1. The van der Waals surface area contributed by atoms with Crippen LogP contribution in [-0.4, -0.2) is 34.4 Å².